The Morgan fingerprint density at radius 2 is 1.42 bits per heavy atom. The maximum atomic E-state index is 11.8. The minimum atomic E-state index is -1.02. The average Bonchev–Trinajstić information content (AvgIpc) is 2.56. The number of hydrogen-bond donors (Lipinski definition) is 2. The molecule has 2 atom stereocenters. The molecule has 0 aromatic rings. The zero-order valence-electron chi connectivity index (χ0n) is 15.4. The van der Waals surface area contributed by atoms with Gasteiger partial charge in [-0.2, -0.15) is 0 Å². The largest absolute Gasteiger partial charge is 0.481 e. The SMILES string of the molecule is CCCCCCCCCCCCC1(C(=O)O)CCCCC1C(=O)O. The monoisotopic (exact) mass is 340 g/mol. The number of aliphatic carboxylic acids is 2. The van der Waals surface area contributed by atoms with E-state index >= 15 is 0 Å². The molecule has 0 radical (unpaired) electrons. The highest BCUT2D eigenvalue weighted by molar-refractivity contribution is 5.83. The highest BCUT2D eigenvalue weighted by Gasteiger charge is 2.50. The van der Waals surface area contributed by atoms with Gasteiger partial charge in [0.2, 0.25) is 0 Å². The molecule has 0 aromatic heterocycles. The van der Waals surface area contributed by atoms with Gasteiger partial charge < -0.3 is 10.2 Å². The van der Waals surface area contributed by atoms with E-state index < -0.39 is 23.3 Å². The van der Waals surface area contributed by atoms with E-state index in [1.54, 1.807) is 0 Å². The van der Waals surface area contributed by atoms with E-state index in [4.69, 9.17) is 0 Å². The minimum absolute atomic E-state index is 0.513. The predicted octanol–water partition coefficient (Wildman–Crippen LogP) is 5.64. The third kappa shape index (κ3) is 6.45. The molecule has 0 bridgehead atoms. The van der Waals surface area contributed by atoms with Gasteiger partial charge in [0.25, 0.3) is 0 Å². The standard InChI is InChI=1S/C20H36O4/c1-2-3-4-5-6-7-8-9-10-12-15-20(19(23)24)16-13-11-14-17(20)18(21)22/h17H,2-16H2,1H3,(H,21,22)(H,23,24). The Kier molecular flexibility index (Phi) is 10.0. The fourth-order valence-corrected chi connectivity index (χ4v) is 4.19. The van der Waals surface area contributed by atoms with Crippen molar-refractivity contribution in [1.29, 1.82) is 0 Å². The van der Waals surface area contributed by atoms with Crippen LogP contribution in [0.5, 0.6) is 0 Å². The number of carboxylic acid groups (broad SMARTS) is 2. The summed E-state index contributed by atoms with van der Waals surface area (Å²) in [6.45, 7) is 2.23. The van der Waals surface area contributed by atoms with E-state index in [9.17, 15) is 19.8 Å². The van der Waals surface area contributed by atoms with Gasteiger partial charge in [0, 0.05) is 0 Å². The molecule has 0 heterocycles. The molecule has 0 aromatic carbocycles. The molecule has 2 N–H and O–H groups in total. The Morgan fingerprint density at radius 3 is 1.92 bits per heavy atom. The molecule has 4 heteroatoms. The lowest BCUT2D eigenvalue weighted by Gasteiger charge is -2.38. The molecule has 2 unspecified atom stereocenters. The fraction of sp³-hybridized carbons (Fsp3) is 0.900. The third-order valence-corrected chi connectivity index (χ3v) is 5.73. The summed E-state index contributed by atoms with van der Waals surface area (Å²) in [6, 6.07) is 0. The van der Waals surface area contributed by atoms with Crippen LogP contribution in [0.25, 0.3) is 0 Å². The lowest BCUT2D eigenvalue weighted by Crippen LogP contribution is -2.44. The Balaban J connectivity index is 2.27. The fourth-order valence-electron chi connectivity index (χ4n) is 4.19. The van der Waals surface area contributed by atoms with Crippen molar-refractivity contribution in [2.75, 3.05) is 0 Å². The average molecular weight is 341 g/mol. The maximum Gasteiger partial charge on any atom is 0.310 e. The maximum absolute atomic E-state index is 11.8. The summed E-state index contributed by atoms with van der Waals surface area (Å²) >= 11 is 0. The first-order valence-electron chi connectivity index (χ1n) is 10.0. The molecule has 140 valence electrons. The van der Waals surface area contributed by atoms with Gasteiger partial charge in [0.15, 0.2) is 0 Å². The van der Waals surface area contributed by atoms with Crippen molar-refractivity contribution in [2.24, 2.45) is 11.3 Å². The number of unbranched alkanes of at least 4 members (excludes halogenated alkanes) is 9. The zero-order valence-corrected chi connectivity index (χ0v) is 15.4. The number of rotatable bonds is 13. The van der Waals surface area contributed by atoms with Crippen LogP contribution < -0.4 is 0 Å². The lowest BCUT2D eigenvalue weighted by atomic mass is 9.63. The van der Waals surface area contributed by atoms with Crippen molar-refractivity contribution in [1.82, 2.24) is 0 Å². The summed E-state index contributed by atoms with van der Waals surface area (Å²) in [5.41, 5.74) is -1.02. The molecule has 0 spiro atoms. The van der Waals surface area contributed by atoms with Gasteiger partial charge in [-0.25, -0.2) is 0 Å². The third-order valence-electron chi connectivity index (χ3n) is 5.73. The zero-order chi connectivity index (χ0) is 17.8. The van der Waals surface area contributed by atoms with Crippen LogP contribution in [0.3, 0.4) is 0 Å². The Hall–Kier alpha value is -1.06. The van der Waals surface area contributed by atoms with Crippen LogP contribution in [0, 0.1) is 11.3 Å². The second kappa shape index (κ2) is 11.5. The highest BCUT2D eigenvalue weighted by Crippen LogP contribution is 2.45. The molecule has 4 nitrogen and oxygen atoms in total. The first-order chi connectivity index (χ1) is 11.5. The summed E-state index contributed by atoms with van der Waals surface area (Å²) in [6.07, 6.45) is 15.3. The van der Waals surface area contributed by atoms with Gasteiger partial charge in [-0.15, -0.1) is 0 Å². The van der Waals surface area contributed by atoms with Crippen LogP contribution >= 0.6 is 0 Å². The lowest BCUT2D eigenvalue weighted by molar-refractivity contribution is -0.166. The van der Waals surface area contributed by atoms with E-state index in [-0.39, 0.29) is 0 Å². The van der Waals surface area contributed by atoms with Gasteiger partial charge >= 0.3 is 11.9 Å². The molecule has 1 aliphatic carbocycles. The van der Waals surface area contributed by atoms with Crippen molar-refractivity contribution in [2.45, 2.75) is 103 Å². The highest BCUT2D eigenvalue weighted by atomic mass is 16.4. The number of hydrogen-bond acceptors (Lipinski definition) is 2. The van der Waals surface area contributed by atoms with Crippen molar-refractivity contribution in [3.05, 3.63) is 0 Å². The minimum Gasteiger partial charge on any atom is -0.481 e. The molecule has 0 saturated heterocycles. The van der Waals surface area contributed by atoms with E-state index in [2.05, 4.69) is 6.92 Å². The van der Waals surface area contributed by atoms with E-state index in [1.165, 1.54) is 44.9 Å². The van der Waals surface area contributed by atoms with E-state index in [1.807, 2.05) is 0 Å². The van der Waals surface area contributed by atoms with Crippen molar-refractivity contribution < 1.29 is 19.8 Å². The molecule has 1 rings (SSSR count). The summed E-state index contributed by atoms with van der Waals surface area (Å²) in [4.78, 5) is 23.3. The van der Waals surface area contributed by atoms with Crippen LogP contribution in [0.2, 0.25) is 0 Å². The molecule has 1 aliphatic rings. The Labute approximate surface area is 147 Å². The predicted molar refractivity (Wildman–Crippen MR) is 96.1 cm³/mol. The first-order valence-corrected chi connectivity index (χ1v) is 10.0. The molecule has 24 heavy (non-hydrogen) atoms. The van der Waals surface area contributed by atoms with Gasteiger partial charge in [0.1, 0.15) is 0 Å². The molecule has 1 fully saturated rings. The van der Waals surface area contributed by atoms with Gasteiger partial charge in [-0.05, 0) is 19.3 Å². The van der Waals surface area contributed by atoms with Gasteiger partial charge in [0.05, 0.1) is 11.3 Å². The van der Waals surface area contributed by atoms with Crippen LogP contribution in [-0.4, -0.2) is 22.2 Å². The topological polar surface area (TPSA) is 74.6 Å². The second-order valence-corrected chi connectivity index (χ2v) is 7.53. The van der Waals surface area contributed by atoms with Crippen LogP contribution in [0.15, 0.2) is 0 Å². The molecule has 1 saturated carbocycles. The van der Waals surface area contributed by atoms with Gasteiger partial charge in [-0.3, -0.25) is 9.59 Å². The summed E-state index contributed by atoms with van der Waals surface area (Å²) in [5.74, 6) is -2.53. The van der Waals surface area contributed by atoms with Crippen LogP contribution in [-0.2, 0) is 9.59 Å². The molecular formula is C20H36O4. The second-order valence-electron chi connectivity index (χ2n) is 7.53. The van der Waals surface area contributed by atoms with Gasteiger partial charge in [-0.1, -0.05) is 84.0 Å². The van der Waals surface area contributed by atoms with Crippen molar-refractivity contribution >= 4 is 11.9 Å². The summed E-state index contributed by atoms with van der Waals surface area (Å²) < 4.78 is 0. The normalized spacial score (nSPS) is 24.0. The van der Waals surface area contributed by atoms with Crippen LogP contribution in [0.1, 0.15) is 103 Å². The van der Waals surface area contributed by atoms with Crippen molar-refractivity contribution in [3.8, 4) is 0 Å². The quantitative estimate of drug-likeness (QED) is 0.425. The first kappa shape index (κ1) is 21.0. The van der Waals surface area contributed by atoms with E-state index in [0.29, 0.717) is 19.3 Å². The van der Waals surface area contributed by atoms with E-state index in [0.717, 1.165) is 32.1 Å². The van der Waals surface area contributed by atoms with Crippen LogP contribution in [0.4, 0.5) is 0 Å². The molecule has 0 amide bonds. The summed E-state index contributed by atoms with van der Waals surface area (Å²) in [5, 5.41) is 19.1. The number of carboxylic acids is 2. The molecule has 0 aliphatic heterocycles. The smallest absolute Gasteiger partial charge is 0.310 e. The summed E-state index contributed by atoms with van der Waals surface area (Å²) in [7, 11) is 0. The number of carbonyl (C=O) groups is 2. The molecular weight excluding hydrogens is 304 g/mol. The Bertz CT molecular complexity index is 380. The van der Waals surface area contributed by atoms with Crippen molar-refractivity contribution in [3.63, 3.8) is 0 Å². The Morgan fingerprint density at radius 1 is 0.875 bits per heavy atom.